The fourth-order valence-corrected chi connectivity index (χ4v) is 2.58. The first-order valence-electron chi connectivity index (χ1n) is 7.53. The molecule has 2 aromatic rings. The number of aromatic nitrogens is 2. The molecule has 2 heterocycles. The molecular formula is C17H21N3O. The van der Waals surface area contributed by atoms with Crippen LogP contribution in [0.5, 0.6) is 5.75 Å². The Labute approximate surface area is 125 Å². The van der Waals surface area contributed by atoms with Gasteiger partial charge in [0.2, 0.25) is 0 Å². The molecule has 1 aliphatic heterocycles. The van der Waals surface area contributed by atoms with Gasteiger partial charge in [-0.2, -0.15) is 0 Å². The van der Waals surface area contributed by atoms with Gasteiger partial charge in [-0.15, -0.1) is 0 Å². The van der Waals surface area contributed by atoms with Crippen molar-refractivity contribution < 1.29 is 4.74 Å². The van der Waals surface area contributed by atoms with E-state index >= 15 is 0 Å². The third-order valence-electron chi connectivity index (χ3n) is 3.72. The molecule has 110 valence electrons. The van der Waals surface area contributed by atoms with E-state index in [1.807, 2.05) is 24.3 Å². The van der Waals surface area contributed by atoms with Crippen LogP contribution in [0.25, 0.3) is 0 Å². The second kappa shape index (κ2) is 5.72. The largest absolute Gasteiger partial charge is 0.492 e. The molecule has 1 aromatic heterocycles. The van der Waals surface area contributed by atoms with Crippen LogP contribution in [0.3, 0.4) is 0 Å². The first kappa shape index (κ1) is 13.9. The smallest absolute Gasteiger partial charge is 0.142 e. The van der Waals surface area contributed by atoms with Crippen molar-refractivity contribution in [1.82, 2.24) is 9.97 Å². The second-order valence-corrected chi connectivity index (χ2v) is 5.62. The molecule has 0 radical (unpaired) electrons. The zero-order valence-corrected chi connectivity index (χ0v) is 12.8. The summed E-state index contributed by atoms with van der Waals surface area (Å²) in [5, 5.41) is 3.30. The first-order chi connectivity index (χ1) is 10.2. The van der Waals surface area contributed by atoms with E-state index in [-0.39, 0.29) is 5.92 Å². The highest BCUT2D eigenvalue weighted by atomic mass is 16.5. The van der Waals surface area contributed by atoms with Gasteiger partial charge in [-0.3, -0.25) is 0 Å². The molecule has 4 nitrogen and oxygen atoms in total. The number of nitrogens with zero attached hydrogens (tertiary/aromatic N) is 2. The highest BCUT2D eigenvalue weighted by Crippen LogP contribution is 2.37. The number of hydrogen-bond acceptors (Lipinski definition) is 4. The fourth-order valence-electron chi connectivity index (χ4n) is 2.58. The van der Waals surface area contributed by atoms with Gasteiger partial charge in [0.15, 0.2) is 0 Å². The Bertz CT molecular complexity index is 640. The van der Waals surface area contributed by atoms with Crippen molar-refractivity contribution in [2.24, 2.45) is 0 Å². The van der Waals surface area contributed by atoms with Gasteiger partial charge in [0, 0.05) is 23.9 Å². The van der Waals surface area contributed by atoms with Crippen LogP contribution in [0.4, 0.5) is 5.82 Å². The summed E-state index contributed by atoms with van der Waals surface area (Å²) in [7, 11) is 0. The molecule has 1 aliphatic rings. The van der Waals surface area contributed by atoms with Crippen molar-refractivity contribution in [3.8, 4) is 5.75 Å². The summed E-state index contributed by atoms with van der Waals surface area (Å²) in [6, 6.07) is 10.2. The lowest BCUT2D eigenvalue weighted by Gasteiger charge is -2.14. The molecule has 1 atom stereocenters. The summed E-state index contributed by atoms with van der Waals surface area (Å²) in [4.78, 5) is 9.45. The summed E-state index contributed by atoms with van der Waals surface area (Å²) >= 11 is 0. The Kier molecular flexibility index (Phi) is 3.78. The molecule has 3 rings (SSSR count). The van der Waals surface area contributed by atoms with E-state index in [9.17, 15) is 0 Å². The van der Waals surface area contributed by atoms with E-state index in [1.54, 1.807) is 0 Å². The van der Waals surface area contributed by atoms with Gasteiger partial charge in [0.1, 0.15) is 24.0 Å². The number of nitrogens with one attached hydrogen (secondary N) is 1. The second-order valence-electron chi connectivity index (χ2n) is 5.62. The zero-order chi connectivity index (χ0) is 14.8. The van der Waals surface area contributed by atoms with Crippen molar-refractivity contribution in [3.05, 3.63) is 47.4 Å². The van der Waals surface area contributed by atoms with Crippen LogP contribution in [0.15, 0.2) is 30.3 Å². The average molecular weight is 283 g/mol. The quantitative estimate of drug-likeness (QED) is 0.932. The molecule has 0 fully saturated rings. The summed E-state index contributed by atoms with van der Waals surface area (Å²) in [6.45, 7) is 7.85. The number of fused-ring (bicyclic) bond motifs is 1. The zero-order valence-electron chi connectivity index (χ0n) is 12.8. The van der Waals surface area contributed by atoms with E-state index in [1.165, 1.54) is 5.56 Å². The molecule has 0 bridgehead atoms. The van der Waals surface area contributed by atoms with Crippen LogP contribution in [0, 0.1) is 0 Å². The van der Waals surface area contributed by atoms with Crippen molar-refractivity contribution in [1.29, 1.82) is 0 Å². The summed E-state index contributed by atoms with van der Waals surface area (Å²) in [5.41, 5.74) is 2.25. The number of benzene rings is 1. The van der Waals surface area contributed by atoms with Crippen LogP contribution in [0.2, 0.25) is 0 Å². The van der Waals surface area contributed by atoms with Crippen molar-refractivity contribution in [2.75, 3.05) is 18.5 Å². The molecule has 0 spiro atoms. The Balaban J connectivity index is 2.02. The van der Waals surface area contributed by atoms with Gasteiger partial charge in [-0.25, -0.2) is 9.97 Å². The molecule has 1 unspecified atom stereocenters. The van der Waals surface area contributed by atoms with Gasteiger partial charge in [0.25, 0.3) is 0 Å². The summed E-state index contributed by atoms with van der Waals surface area (Å²) in [6.07, 6.45) is 0. The Morgan fingerprint density at radius 3 is 2.86 bits per heavy atom. The number of anilines is 1. The van der Waals surface area contributed by atoms with Gasteiger partial charge < -0.3 is 10.1 Å². The molecule has 21 heavy (non-hydrogen) atoms. The summed E-state index contributed by atoms with van der Waals surface area (Å²) < 4.78 is 5.77. The van der Waals surface area contributed by atoms with Crippen molar-refractivity contribution in [2.45, 2.75) is 32.6 Å². The molecule has 4 heteroatoms. The Hall–Kier alpha value is -2.10. The lowest BCUT2D eigenvalue weighted by Crippen LogP contribution is -2.12. The molecule has 0 aliphatic carbocycles. The lowest BCUT2D eigenvalue weighted by molar-refractivity contribution is 0.339. The van der Waals surface area contributed by atoms with Crippen LogP contribution < -0.4 is 10.1 Å². The number of para-hydroxylation sites is 1. The Morgan fingerprint density at radius 1 is 1.29 bits per heavy atom. The molecule has 1 N–H and O–H groups in total. The SMILES string of the molecule is CCNc1cc(C(C)C)nc(C2COc3ccccc32)n1. The maximum atomic E-state index is 5.77. The molecular weight excluding hydrogens is 262 g/mol. The van der Waals surface area contributed by atoms with E-state index in [0.717, 1.165) is 29.6 Å². The summed E-state index contributed by atoms with van der Waals surface area (Å²) in [5.74, 6) is 3.20. The minimum Gasteiger partial charge on any atom is -0.492 e. The van der Waals surface area contributed by atoms with Crippen LogP contribution in [-0.2, 0) is 0 Å². The topological polar surface area (TPSA) is 47.0 Å². The predicted molar refractivity (Wildman–Crippen MR) is 84.1 cm³/mol. The molecule has 0 saturated heterocycles. The molecule has 1 aromatic carbocycles. The van der Waals surface area contributed by atoms with Crippen molar-refractivity contribution in [3.63, 3.8) is 0 Å². The Morgan fingerprint density at radius 2 is 2.10 bits per heavy atom. The van der Waals surface area contributed by atoms with Crippen LogP contribution in [0.1, 0.15) is 49.7 Å². The maximum Gasteiger partial charge on any atom is 0.142 e. The third-order valence-corrected chi connectivity index (χ3v) is 3.72. The van der Waals surface area contributed by atoms with Gasteiger partial charge in [0.05, 0.1) is 5.92 Å². The lowest BCUT2D eigenvalue weighted by atomic mass is 10.00. The highest BCUT2D eigenvalue weighted by Gasteiger charge is 2.28. The first-order valence-corrected chi connectivity index (χ1v) is 7.53. The van der Waals surface area contributed by atoms with Gasteiger partial charge >= 0.3 is 0 Å². The third kappa shape index (κ3) is 2.71. The normalized spacial score (nSPS) is 16.7. The monoisotopic (exact) mass is 283 g/mol. The van der Waals surface area contributed by atoms with E-state index in [2.05, 4.69) is 37.1 Å². The van der Waals surface area contributed by atoms with Crippen LogP contribution >= 0.6 is 0 Å². The fraction of sp³-hybridized carbons (Fsp3) is 0.412. The number of ether oxygens (including phenoxy) is 1. The highest BCUT2D eigenvalue weighted by molar-refractivity contribution is 5.45. The van der Waals surface area contributed by atoms with E-state index in [4.69, 9.17) is 9.72 Å². The standard InChI is InChI=1S/C17H21N3O/c1-4-18-16-9-14(11(2)3)19-17(20-16)13-10-21-15-8-6-5-7-12(13)15/h5-9,11,13H,4,10H2,1-3H3,(H,18,19,20). The number of rotatable bonds is 4. The minimum atomic E-state index is 0.123. The van der Waals surface area contributed by atoms with Crippen LogP contribution in [-0.4, -0.2) is 23.1 Å². The van der Waals surface area contributed by atoms with E-state index in [0.29, 0.717) is 12.5 Å². The maximum absolute atomic E-state index is 5.77. The van der Waals surface area contributed by atoms with Gasteiger partial charge in [-0.05, 0) is 18.9 Å². The van der Waals surface area contributed by atoms with E-state index < -0.39 is 0 Å². The van der Waals surface area contributed by atoms with Crippen molar-refractivity contribution >= 4 is 5.82 Å². The minimum absolute atomic E-state index is 0.123. The predicted octanol–water partition coefficient (Wildman–Crippen LogP) is 3.56. The average Bonchev–Trinajstić information content (AvgIpc) is 2.91. The number of hydrogen-bond donors (Lipinski definition) is 1. The van der Waals surface area contributed by atoms with Gasteiger partial charge in [-0.1, -0.05) is 32.0 Å². The molecule has 0 amide bonds. The molecule has 0 saturated carbocycles.